The molecule has 0 saturated carbocycles. The van der Waals surface area contributed by atoms with E-state index in [-0.39, 0.29) is 0 Å². The van der Waals surface area contributed by atoms with Crippen molar-refractivity contribution >= 4 is 0 Å². The number of unbranched alkanes of at least 4 members (excludes halogenated alkanes) is 24. The molecule has 0 aliphatic rings. The summed E-state index contributed by atoms with van der Waals surface area (Å²) in [5, 5.41) is 0. The van der Waals surface area contributed by atoms with Crippen LogP contribution in [0.1, 0.15) is 206 Å². The molecule has 0 amide bonds. The van der Waals surface area contributed by atoms with Gasteiger partial charge in [0.2, 0.25) is 0 Å². The maximum atomic E-state index is 4.00. The Morgan fingerprint density at radius 2 is 0.559 bits per heavy atom. The molecule has 205 valence electrons. The van der Waals surface area contributed by atoms with Gasteiger partial charge in [-0.3, -0.25) is 0 Å². The normalized spacial score (nSPS) is 11.6. The van der Waals surface area contributed by atoms with E-state index in [4.69, 9.17) is 0 Å². The Kier molecular flexibility index (Phi) is 31.0. The molecule has 0 aliphatic carbocycles. The summed E-state index contributed by atoms with van der Waals surface area (Å²) in [5.41, 5.74) is 0. The van der Waals surface area contributed by atoms with E-state index < -0.39 is 0 Å². The van der Waals surface area contributed by atoms with Crippen LogP contribution in [0.4, 0.5) is 0 Å². The zero-order valence-corrected chi connectivity index (χ0v) is 24.5. The largest absolute Gasteiger partial charge is 0.0654 e. The molecule has 0 aromatic heterocycles. The van der Waals surface area contributed by atoms with E-state index >= 15 is 0 Å². The Labute approximate surface area is 219 Å². The van der Waals surface area contributed by atoms with Gasteiger partial charge in [-0.05, 0) is 5.92 Å². The van der Waals surface area contributed by atoms with E-state index in [0.29, 0.717) is 0 Å². The molecule has 0 aromatic rings. The van der Waals surface area contributed by atoms with Gasteiger partial charge >= 0.3 is 0 Å². The minimum absolute atomic E-state index is 1.02. The molecule has 0 fully saturated rings. The van der Waals surface area contributed by atoms with Crippen molar-refractivity contribution in [2.75, 3.05) is 0 Å². The molecule has 1 atom stereocenters. The highest BCUT2D eigenvalue weighted by molar-refractivity contribution is 4.62. The molecule has 0 aromatic carbocycles. The standard InChI is InChI=1S/C34H69/c1-4-7-10-13-14-15-16-17-18-19-20-21-22-23-24-25-26-27-30-33-34(31-28-11-8-5-2)32-29-12-9-6-3/h34H,2,4-33H2,1,3H3. The lowest BCUT2D eigenvalue weighted by Crippen LogP contribution is -2.01. The first-order valence-corrected chi connectivity index (χ1v) is 16.6. The van der Waals surface area contributed by atoms with Gasteiger partial charge in [0.25, 0.3) is 0 Å². The Morgan fingerprint density at radius 1 is 0.324 bits per heavy atom. The molecule has 0 N–H and O–H groups in total. The van der Waals surface area contributed by atoms with E-state index in [1.807, 2.05) is 0 Å². The van der Waals surface area contributed by atoms with Crippen molar-refractivity contribution in [3.8, 4) is 0 Å². The zero-order chi connectivity index (χ0) is 24.8. The van der Waals surface area contributed by atoms with Crippen LogP contribution in [0.5, 0.6) is 0 Å². The van der Waals surface area contributed by atoms with E-state index in [1.54, 1.807) is 0 Å². The minimum Gasteiger partial charge on any atom is -0.0654 e. The Morgan fingerprint density at radius 3 is 0.853 bits per heavy atom. The Hall–Kier alpha value is 0. The molecule has 1 unspecified atom stereocenters. The quantitative estimate of drug-likeness (QED) is 0.0902. The molecule has 1 radical (unpaired) electrons. The third kappa shape index (κ3) is 28.2. The van der Waals surface area contributed by atoms with Crippen LogP contribution in [0.3, 0.4) is 0 Å². The van der Waals surface area contributed by atoms with E-state index in [9.17, 15) is 0 Å². The van der Waals surface area contributed by atoms with Crippen LogP contribution in [-0.2, 0) is 0 Å². The van der Waals surface area contributed by atoms with Crippen molar-refractivity contribution in [3.05, 3.63) is 6.92 Å². The Bertz CT molecular complexity index is 321. The smallest absolute Gasteiger partial charge is 0.0414 e. The monoisotopic (exact) mass is 478 g/mol. The fourth-order valence-corrected chi connectivity index (χ4v) is 5.59. The fraction of sp³-hybridized carbons (Fsp3) is 0.971. The molecule has 0 heteroatoms. The molecule has 0 aliphatic heterocycles. The van der Waals surface area contributed by atoms with Gasteiger partial charge in [-0.25, -0.2) is 0 Å². The second-order valence-electron chi connectivity index (χ2n) is 11.6. The molecular formula is C34H69. The first kappa shape index (κ1) is 34.0. The molecule has 0 nitrogen and oxygen atoms in total. The maximum Gasteiger partial charge on any atom is -0.0414 e. The maximum absolute atomic E-state index is 4.00. The van der Waals surface area contributed by atoms with Crippen molar-refractivity contribution in [2.45, 2.75) is 206 Å². The summed E-state index contributed by atoms with van der Waals surface area (Å²) in [6.07, 6.45) is 43.7. The van der Waals surface area contributed by atoms with Crippen LogP contribution >= 0.6 is 0 Å². The lowest BCUT2D eigenvalue weighted by atomic mass is 9.89. The van der Waals surface area contributed by atoms with Crippen LogP contribution in [0.2, 0.25) is 0 Å². The summed E-state index contributed by atoms with van der Waals surface area (Å²) < 4.78 is 0. The van der Waals surface area contributed by atoms with Crippen LogP contribution in [0.15, 0.2) is 0 Å². The lowest BCUT2D eigenvalue weighted by molar-refractivity contribution is 0.367. The number of hydrogen-bond donors (Lipinski definition) is 0. The van der Waals surface area contributed by atoms with E-state index in [1.165, 1.54) is 186 Å². The fourth-order valence-electron chi connectivity index (χ4n) is 5.59. The van der Waals surface area contributed by atoms with E-state index in [2.05, 4.69) is 20.8 Å². The van der Waals surface area contributed by atoms with Crippen molar-refractivity contribution in [1.29, 1.82) is 0 Å². The number of hydrogen-bond acceptors (Lipinski definition) is 0. The molecular weight excluding hydrogens is 408 g/mol. The second-order valence-corrected chi connectivity index (χ2v) is 11.6. The predicted molar refractivity (Wildman–Crippen MR) is 159 cm³/mol. The van der Waals surface area contributed by atoms with Crippen LogP contribution in [-0.4, -0.2) is 0 Å². The average molecular weight is 478 g/mol. The van der Waals surface area contributed by atoms with E-state index in [0.717, 1.165) is 12.3 Å². The van der Waals surface area contributed by atoms with Crippen molar-refractivity contribution in [1.82, 2.24) is 0 Å². The topological polar surface area (TPSA) is 0 Å². The molecule has 34 heavy (non-hydrogen) atoms. The van der Waals surface area contributed by atoms with Crippen molar-refractivity contribution in [3.63, 3.8) is 0 Å². The lowest BCUT2D eigenvalue weighted by Gasteiger charge is -2.17. The zero-order valence-electron chi connectivity index (χ0n) is 24.5. The van der Waals surface area contributed by atoms with Gasteiger partial charge in [0.05, 0.1) is 0 Å². The average Bonchev–Trinajstić information content (AvgIpc) is 2.85. The third-order valence-corrected chi connectivity index (χ3v) is 8.04. The molecule has 0 bridgehead atoms. The first-order valence-electron chi connectivity index (χ1n) is 16.6. The van der Waals surface area contributed by atoms with Gasteiger partial charge in [0, 0.05) is 0 Å². The molecule has 0 spiro atoms. The predicted octanol–water partition coefficient (Wildman–Crippen LogP) is 13.2. The van der Waals surface area contributed by atoms with Gasteiger partial charge in [0.1, 0.15) is 0 Å². The molecule has 0 saturated heterocycles. The van der Waals surface area contributed by atoms with Crippen LogP contribution in [0, 0.1) is 12.8 Å². The Balaban J connectivity index is 3.40. The molecule has 0 heterocycles. The second kappa shape index (κ2) is 31.0. The summed E-state index contributed by atoms with van der Waals surface area (Å²) >= 11 is 0. The summed E-state index contributed by atoms with van der Waals surface area (Å²) in [6, 6.07) is 0. The van der Waals surface area contributed by atoms with Crippen molar-refractivity contribution < 1.29 is 0 Å². The first-order chi connectivity index (χ1) is 16.8. The summed E-state index contributed by atoms with van der Waals surface area (Å²) in [5.74, 6) is 1.02. The van der Waals surface area contributed by atoms with Gasteiger partial charge in [-0.1, -0.05) is 213 Å². The van der Waals surface area contributed by atoms with Crippen molar-refractivity contribution in [2.24, 2.45) is 5.92 Å². The SMILES string of the molecule is [CH2]CCCCCC(CCCCCC)CCCCCCCCCCCCCCCCCCCCC. The van der Waals surface area contributed by atoms with Gasteiger partial charge < -0.3 is 0 Å². The third-order valence-electron chi connectivity index (χ3n) is 8.04. The highest BCUT2D eigenvalue weighted by atomic mass is 14.1. The summed E-state index contributed by atoms with van der Waals surface area (Å²) in [7, 11) is 0. The van der Waals surface area contributed by atoms with Gasteiger partial charge in [0.15, 0.2) is 0 Å². The highest BCUT2D eigenvalue weighted by Crippen LogP contribution is 2.24. The number of rotatable bonds is 30. The van der Waals surface area contributed by atoms with Gasteiger partial charge in [-0.2, -0.15) is 0 Å². The summed E-state index contributed by atoms with van der Waals surface area (Å²) in [6.45, 7) is 8.64. The van der Waals surface area contributed by atoms with Gasteiger partial charge in [-0.15, -0.1) is 0 Å². The molecule has 0 rings (SSSR count). The van der Waals surface area contributed by atoms with Crippen LogP contribution in [0.25, 0.3) is 0 Å². The van der Waals surface area contributed by atoms with Crippen LogP contribution < -0.4 is 0 Å². The minimum atomic E-state index is 1.02. The summed E-state index contributed by atoms with van der Waals surface area (Å²) in [4.78, 5) is 0. The highest BCUT2D eigenvalue weighted by Gasteiger charge is 2.08.